The highest BCUT2D eigenvalue weighted by Gasteiger charge is 2.59. The van der Waals surface area contributed by atoms with E-state index < -0.39 is 41.6 Å². The van der Waals surface area contributed by atoms with Crippen LogP contribution < -0.4 is 0 Å². The van der Waals surface area contributed by atoms with Crippen molar-refractivity contribution in [2.75, 3.05) is 0 Å². The summed E-state index contributed by atoms with van der Waals surface area (Å²) in [4.78, 5) is 25.4. The molecule has 4 unspecified atom stereocenters. The van der Waals surface area contributed by atoms with E-state index in [0.717, 1.165) is 0 Å². The fraction of sp³-hybridized carbons (Fsp3) is 0.800. The molecule has 0 saturated carbocycles. The van der Waals surface area contributed by atoms with Gasteiger partial charge >= 0.3 is 11.9 Å². The van der Waals surface area contributed by atoms with Gasteiger partial charge in [0, 0.05) is 13.8 Å². The standard InChI is InChI=1S/C20H30O7/c1-10(2)20(8,9-18(3,4)5)17(22)25-13-11-12(23-15(13)21)14-16(24-11)27-19(6,7)26-14/h10-11,13,16H,9H2,1-8H3. The zero-order valence-corrected chi connectivity index (χ0v) is 17.4. The van der Waals surface area contributed by atoms with Crippen LogP contribution in [-0.4, -0.2) is 36.2 Å². The van der Waals surface area contributed by atoms with Crippen molar-refractivity contribution >= 4 is 11.9 Å². The van der Waals surface area contributed by atoms with E-state index >= 15 is 0 Å². The van der Waals surface area contributed by atoms with E-state index in [-0.39, 0.29) is 17.1 Å². The summed E-state index contributed by atoms with van der Waals surface area (Å²) in [6.45, 7) is 15.5. The van der Waals surface area contributed by atoms with E-state index in [1.54, 1.807) is 13.8 Å². The van der Waals surface area contributed by atoms with Gasteiger partial charge in [-0.2, -0.15) is 0 Å². The van der Waals surface area contributed by atoms with Crippen molar-refractivity contribution < 1.29 is 33.3 Å². The first-order valence-electron chi connectivity index (χ1n) is 9.43. The van der Waals surface area contributed by atoms with Crippen LogP contribution in [0.3, 0.4) is 0 Å². The zero-order chi connectivity index (χ0) is 20.4. The molecule has 0 N–H and O–H groups in total. The molecule has 0 aromatic rings. The molecule has 7 heteroatoms. The highest BCUT2D eigenvalue weighted by atomic mass is 16.8. The average molecular weight is 382 g/mol. The minimum absolute atomic E-state index is 0.0378. The molecule has 3 aliphatic rings. The molecule has 0 radical (unpaired) electrons. The van der Waals surface area contributed by atoms with Gasteiger partial charge in [-0.05, 0) is 24.7 Å². The molecule has 4 atom stereocenters. The maximum absolute atomic E-state index is 13.1. The number of esters is 2. The minimum Gasteiger partial charge on any atom is -0.458 e. The molecular formula is C20H30O7. The largest absolute Gasteiger partial charge is 0.458 e. The summed E-state index contributed by atoms with van der Waals surface area (Å²) >= 11 is 0. The number of fused-ring (bicyclic) bond motifs is 2. The molecule has 0 amide bonds. The van der Waals surface area contributed by atoms with Crippen molar-refractivity contribution in [2.24, 2.45) is 16.7 Å². The molecule has 0 aliphatic carbocycles. The van der Waals surface area contributed by atoms with Crippen LogP contribution in [0.5, 0.6) is 0 Å². The number of hydrogen-bond acceptors (Lipinski definition) is 7. The van der Waals surface area contributed by atoms with Crippen LogP contribution in [-0.2, 0) is 33.3 Å². The Morgan fingerprint density at radius 3 is 2.37 bits per heavy atom. The van der Waals surface area contributed by atoms with E-state index in [0.29, 0.717) is 12.2 Å². The van der Waals surface area contributed by atoms with Gasteiger partial charge in [0.1, 0.15) is 0 Å². The summed E-state index contributed by atoms with van der Waals surface area (Å²) in [5.41, 5.74) is -0.812. The molecule has 27 heavy (non-hydrogen) atoms. The summed E-state index contributed by atoms with van der Waals surface area (Å²) < 4.78 is 28.0. The molecule has 7 nitrogen and oxygen atoms in total. The van der Waals surface area contributed by atoms with Crippen LogP contribution >= 0.6 is 0 Å². The normalized spacial score (nSPS) is 31.3. The molecule has 3 heterocycles. The molecule has 2 fully saturated rings. The molecule has 2 saturated heterocycles. The van der Waals surface area contributed by atoms with Crippen LogP contribution in [0.2, 0.25) is 0 Å². The molecule has 0 bridgehead atoms. The average Bonchev–Trinajstić information content (AvgIpc) is 3.05. The molecule has 0 spiro atoms. The highest BCUT2D eigenvalue weighted by Crippen LogP contribution is 2.46. The molecule has 152 valence electrons. The van der Waals surface area contributed by atoms with Gasteiger partial charge < -0.3 is 23.7 Å². The maximum atomic E-state index is 13.1. The van der Waals surface area contributed by atoms with Gasteiger partial charge in [0.15, 0.2) is 17.6 Å². The van der Waals surface area contributed by atoms with E-state index in [1.807, 2.05) is 20.8 Å². The van der Waals surface area contributed by atoms with Crippen molar-refractivity contribution in [2.45, 2.75) is 86.1 Å². The molecule has 3 aliphatic heterocycles. The second-order valence-corrected chi connectivity index (χ2v) is 9.79. The summed E-state index contributed by atoms with van der Waals surface area (Å²) in [7, 11) is 0. The first-order chi connectivity index (χ1) is 12.2. The van der Waals surface area contributed by atoms with Crippen LogP contribution in [0, 0.1) is 16.7 Å². The van der Waals surface area contributed by atoms with E-state index in [9.17, 15) is 9.59 Å². The van der Waals surface area contributed by atoms with Gasteiger partial charge in [0.2, 0.25) is 18.2 Å². The van der Waals surface area contributed by atoms with Gasteiger partial charge in [-0.25, -0.2) is 4.79 Å². The fourth-order valence-electron chi connectivity index (χ4n) is 3.82. The lowest BCUT2D eigenvalue weighted by atomic mass is 9.69. The van der Waals surface area contributed by atoms with E-state index in [1.165, 1.54) is 0 Å². The van der Waals surface area contributed by atoms with Gasteiger partial charge in [-0.1, -0.05) is 34.6 Å². The minimum atomic E-state index is -1.15. The van der Waals surface area contributed by atoms with Crippen molar-refractivity contribution in [1.82, 2.24) is 0 Å². The molecule has 0 aromatic carbocycles. The number of carbonyl (C=O) groups is 2. The van der Waals surface area contributed by atoms with Gasteiger partial charge in [-0.15, -0.1) is 0 Å². The van der Waals surface area contributed by atoms with Crippen LogP contribution in [0.1, 0.15) is 61.8 Å². The number of carbonyl (C=O) groups excluding carboxylic acids is 2. The lowest BCUT2D eigenvalue weighted by Crippen LogP contribution is -2.43. The van der Waals surface area contributed by atoms with Gasteiger partial charge in [0.05, 0.1) is 5.41 Å². The predicted octanol–water partition coefficient (Wildman–Crippen LogP) is 3.27. The Morgan fingerprint density at radius 2 is 1.81 bits per heavy atom. The SMILES string of the molecule is CC(C)C(C)(CC(C)(C)C)C(=O)OC1C(=O)OC2=C3OC(C)(C)OC3OC21. The highest BCUT2D eigenvalue weighted by molar-refractivity contribution is 5.86. The van der Waals surface area contributed by atoms with Gasteiger partial charge in [-0.3, -0.25) is 4.79 Å². The summed E-state index contributed by atoms with van der Waals surface area (Å²) in [6, 6.07) is 0. The quantitative estimate of drug-likeness (QED) is 0.690. The molecule has 3 rings (SSSR count). The third kappa shape index (κ3) is 3.59. The van der Waals surface area contributed by atoms with E-state index in [2.05, 4.69) is 20.8 Å². The molecular weight excluding hydrogens is 352 g/mol. The monoisotopic (exact) mass is 382 g/mol. The Kier molecular flexibility index (Phi) is 4.63. The summed E-state index contributed by atoms with van der Waals surface area (Å²) in [6.07, 6.45) is -2.11. The second kappa shape index (κ2) is 6.21. The zero-order valence-electron chi connectivity index (χ0n) is 17.4. The first-order valence-corrected chi connectivity index (χ1v) is 9.43. The topological polar surface area (TPSA) is 80.3 Å². The van der Waals surface area contributed by atoms with Crippen molar-refractivity contribution in [3.05, 3.63) is 11.5 Å². The van der Waals surface area contributed by atoms with Crippen molar-refractivity contribution in [1.29, 1.82) is 0 Å². The third-order valence-electron chi connectivity index (χ3n) is 5.32. The van der Waals surface area contributed by atoms with Crippen molar-refractivity contribution in [3.63, 3.8) is 0 Å². The first kappa shape index (κ1) is 20.1. The Hall–Kier alpha value is -1.60. The Labute approximate surface area is 160 Å². The third-order valence-corrected chi connectivity index (χ3v) is 5.32. The van der Waals surface area contributed by atoms with E-state index in [4.69, 9.17) is 23.7 Å². The fourth-order valence-corrected chi connectivity index (χ4v) is 3.82. The Morgan fingerprint density at radius 1 is 1.19 bits per heavy atom. The second-order valence-electron chi connectivity index (χ2n) is 9.79. The molecule has 0 aromatic heterocycles. The number of rotatable bonds is 4. The summed E-state index contributed by atoms with van der Waals surface area (Å²) in [5, 5.41) is 0. The predicted molar refractivity (Wildman–Crippen MR) is 94.9 cm³/mol. The number of hydrogen-bond donors (Lipinski definition) is 0. The van der Waals surface area contributed by atoms with Crippen LogP contribution in [0.4, 0.5) is 0 Å². The van der Waals surface area contributed by atoms with Gasteiger partial charge in [0.25, 0.3) is 0 Å². The Balaban J connectivity index is 1.79. The lowest BCUT2D eigenvalue weighted by molar-refractivity contribution is -0.211. The van der Waals surface area contributed by atoms with Crippen molar-refractivity contribution in [3.8, 4) is 0 Å². The van der Waals surface area contributed by atoms with Crippen LogP contribution in [0.15, 0.2) is 11.5 Å². The maximum Gasteiger partial charge on any atom is 0.356 e. The lowest BCUT2D eigenvalue weighted by Gasteiger charge is -2.37. The summed E-state index contributed by atoms with van der Waals surface area (Å²) in [5.74, 6) is -1.31. The number of ether oxygens (including phenoxy) is 5. The smallest absolute Gasteiger partial charge is 0.356 e. The Bertz CT molecular complexity index is 685. The van der Waals surface area contributed by atoms with Crippen LogP contribution in [0.25, 0.3) is 0 Å².